The van der Waals surface area contributed by atoms with Crippen molar-refractivity contribution in [1.29, 1.82) is 0 Å². The van der Waals surface area contributed by atoms with Crippen molar-refractivity contribution in [3.8, 4) is 5.82 Å². The maximum absolute atomic E-state index is 12.1. The van der Waals surface area contributed by atoms with Crippen LogP contribution in [0.1, 0.15) is 30.1 Å². The zero-order chi connectivity index (χ0) is 19.5. The number of benzene rings is 1. The second kappa shape index (κ2) is 7.59. The number of fused-ring (bicyclic) bond motifs is 1. The van der Waals surface area contributed by atoms with Crippen molar-refractivity contribution in [3.05, 3.63) is 65.7 Å². The first-order valence-electron chi connectivity index (χ1n) is 9.20. The van der Waals surface area contributed by atoms with Crippen LogP contribution in [0.2, 0.25) is 0 Å². The first kappa shape index (κ1) is 17.8. The molecule has 3 heterocycles. The molecule has 0 saturated carbocycles. The quantitative estimate of drug-likeness (QED) is 0.560. The Hall–Kier alpha value is -3.55. The molecular weight excluding hydrogens is 354 g/mol. The monoisotopic (exact) mass is 375 g/mol. The average molecular weight is 375 g/mol. The normalized spacial score (nSPS) is 11.1. The minimum Gasteiger partial charge on any atom is -0.326 e. The minimum absolute atomic E-state index is 0.0173. The smallest absolute Gasteiger partial charge is 0.224 e. The highest BCUT2D eigenvalue weighted by Gasteiger charge is 2.11. The lowest BCUT2D eigenvalue weighted by atomic mass is 10.2. The third-order valence-corrected chi connectivity index (χ3v) is 4.40. The summed E-state index contributed by atoms with van der Waals surface area (Å²) in [4.78, 5) is 12.1. The van der Waals surface area contributed by atoms with Gasteiger partial charge in [-0.3, -0.25) is 4.79 Å². The van der Waals surface area contributed by atoms with Gasteiger partial charge in [0.05, 0.1) is 5.69 Å². The first-order valence-corrected chi connectivity index (χ1v) is 9.20. The number of nitrogens with zero attached hydrogens (tertiary/aromatic N) is 6. The summed E-state index contributed by atoms with van der Waals surface area (Å²) in [5, 5.41) is 20.4. The molecule has 8 heteroatoms. The van der Waals surface area contributed by atoms with Gasteiger partial charge < -0.3 is 5.32 Å². The molecule has 1 aromatic carbocycles. The number of aromatic nitrogens is 6. The molecule has 0 aliphatic carbocycles. The van der Waals surface area contributed by atoms with Gasteiger partial charge in [-0.15, -0.1) is 15.3 Å². The van der Waals surface area contributed by atoms with Gasteiger partial charge in [0, 0.05) is 24.2 Å². The van der Waals surface area contributed by atoms with Crippen LogP contribution >= 0.6 is 0 Å². The van der Waals surface area contributed by atoms with Crippen LogP contribution in [0.4, 0.5) is 5.69 Å². The number of anilines is 1. The summed E-state index contributed by atoms with van der Waals surface area (Å²) in [5.74, 6) is 1.42. The number of carbonyl (C=O) groups is 1. The van der Waals surface area contributed by atoms with Crippen molar-refractivity contribution < 1.29 is 4.79 Å². The Balaban J connectivity index is 1.45. The van der Waals surface area contributed by atoms with Gasteiger partial charge in [0.25, 0.3) is 0 Å². The molecule has 1 N–H and O–H groups in total. The predicted molar refractivity (Wildman–Crippen MR) is 105 cm³/mol. The molecule has 4 rings (SSSR count). The number of hydrogen-bond acceptors (Lipinski definition) is 5. The zero-order valence-electron chi connectivity index (χ0n) is 15.8. The molecule has 0 saturated heterocycles. The second-order valence-corrected chi connectivity index (χ2v) is 6.68. The van der Waals surface area contributed by atoms with Crippen LogP contribution < -0.4 is 5.32 Å². The number of aryl methyl sites for hydroxylation is 3. The summed E-state index contributed by atoms with van der Waals surface area (Å²) >= 11 is 0. The van der Waals surface area contributed by atoms with Gasteiger partial charge in [0.1, 0.15) is 0 Å². The Labute approximate surface area is 162 Å². The lowest BCUT2D eigenvalue weighted by molar-refractivity contribution is -0.116. The van der Waals surface area contributed by atoms with Gasteiger partial charge in [0.2, 0.25) is 5.91 Å². The van der Waals surface area contributed by atoms with Crippen LogP contribution in [0.3, 0.4) is 0 Å². The van der Waals surface area contributed by atoms with Crippen LogP contribution in [0.25, 0.3) is 11.5 Å². The Morgan fingerprint density at radius 1 is 1.04 bits per heavy atom. The first-order chi connectivity index (χ1) is 13.6. The van der Waals surface area contributed by atoms with Crippen LogP contribution in [0, 0.1) is 13.8 Å². The summed E-state index contributed by atoms with van der Waals surface area (Å²) < 4.78 is 3.52. The SMILES string of the molecule is Cc1cc(C)n(-c2ccc3nnc(CCCC(=O)Nc4ccccc4)n3n2)n1. The van der Waals surface area contributed by atoms with Crippen molar-refractivity contribution in [2.24, 2.45) is 0 Å². The van der Waals surface area contributed by atoms with Gasteiger partial charge in [-0.25, -0.2) is 4.68 Å². The summed E-state index contributed by atoms with van der Waals surface area (Å²) in [7, 11) is 0. The Morgan fingerprint density at radius 2 is 1.86 bits per heavy atom. The van der Waals surface area contributed by atoms with Crippen LogP contribution in [-0.2, 0) is 11.2 Å². The van der Waals surface area contributed by atoms with Crippen molar-refractivity contribution in [3.63, 3.8) is 0 Å². The average Bonchev–Trinajstić information content (AvgIpc) is 3.24. The van der Waals surface area contributed by atoms with Gasteiger partial charge in [0.15, 0.2) is 17.3 Å². The highest BCUT2D eigenvalue weighted by molar-refractivity contribution is 5.90. The summed E-state index contributed by atoms with van der Waals surface area (Å²) in [6.07, 6.45) is 1.67. The third kappa shape index (κ3) is 3.75. The van der Waals surface area contributed by atoms with E-state index in [1.165, 1.54) is 0 Å². The summed E-state index contributed by atoms with van der Waals surface area (Å²) in [6, 6.07) is 15.2. The molecule has 0 bridgehead atoms. The van der Waals surface area contributed by atoms with E-state index >= 15 is 0 Å². The van der Waals surface area contributed by atoms with Crippen molar-refractivity contribution in [1.82, 2.24) is 29.6 Å². The number of amides is 1. The molecule has 0 unspecified atom stereocenters. The van der Waals surface area contributed by atoms with E-state index in [0.717, 1.165) is 22.9 Å². The highest BCUT2D eigenvalue weighted by atomic mass is 16.1. The lowest BCUT2D eigenvalue weighted by Crippen LogP contribution is -2.12. The molecule has 142 valence electrons. The Kier molecular flexibility index (Phi) is 4.84. The largest absolute Gasteiger partial charge is 0.326 e. The van der Waals surface area contributed by atoms with E-state index in [0.29, 0.717) is 30.7 Å². The number of para-hydroxylation sites is 1. The second-order valence-electron chi connectivity index (χ2n) is 6.68. The van der Waals surface area contributed by atoms with Crippen LogP contribution in [0.15, 0.2) is 48.5 Å². The van der Waals surface area contributed by atoms with Gasteiger partial charge in [-0.1, -0.05) is 18.2 Å². The van der Waals surface area contributed by atoms with Gasteiger partial charge in [-0.05, 0) is 50.6 Å². The van der Waals surface area contributed by atoms with E-state index in [1.54, 1.807) is 9.20 Å². The number of carbonyl (C=O) groups excluding carboxylic acids is 1. The van der Waals surface area contributed by atoms with Crippen LogP contribution in [0.5, 0.6) is 0 Å². The molecule has 1 amide bonds. The molecule has 0 atom stereocenters. The molecule has 0 fully saturated rings. The third-order valence-electron chi connectivity index (χ3n) is 4.40. The van der Waals surface area contributed by atoms with Crippen molar-refractivity contribution in [2.45, 2.75) is 33.1 Å². The summed E-state index contributed by atoms with van der Waals surface area (Å²) in [6.45, 7) is 3.94. The zero-order valence-corrected chi connectivity index (χ0v) is 15.8. The fraction of sp³-hybridized carbons (Fsp3) is 0.250. The van der Waals surface area contributed by atoms with E-state index in [-0.39, 0.29) is 5.91 Å². The fourth-order valence-electron chi connectivity index (χ4n) is 3.11. The number of nitrogens with one attached hydrogen (secondary N) is 1. The molecule has 8 nitrogen and oxygen atoms in total. The molecule has 0 spiro atoms. The van der Waals surface area contributed by atoms with Crippen molar-refractivity contribution in [2.75, 3.05) is 5.32 Å². The molecule has 3 aromatic heterocycles. The van der Waals surface area contributed by atoms with E-state index in [1.807, 2.05) is 62.4 Å². The maximum Gasteiger partial charge on any atom is 0.224 e. The van der Waals surface area contributed by atoms with E-state index < -0.39 is 0 Å². The van der Waals surface area contributed by atoms with Crippen LogP contribution in [-0.4, -0.2) is 35.5 Å². The molecular formula is C20H21N7O. The minimum atomic E-state index is -0.0173. The van der Waals surface area contributed by atoms with Gasteiger partial charge >= 0.3 is 0 Å². The maximum atomic E-state index is 12.1. The molecule has 0 radical (unpaired) electrons. The standard InChI is InChI=1S/C20H21N7O/c1-14-13-15(2)26(24-14)19-12-11-18-23-22-17(27(18)25-19)9-6-10-20(28)21-16-7-4-3-5-8-16/h3-5,7-8,11-13H,6,9-10H2,1-2H3,(H,21,28). The Bertz CT molecular complexity index is 1110. The molecule has 0 aliphatic rings. The molecule has 28 heavy (non-hydrogen) atoms. The Morgan fingerprint density at radius 3 is 2.61 bits per heavy atom. The van der Waals surface area contributed by atoms with E-state index in [4.69, 9.17) is 0 Å². The summed E-state index contributed by atoms with van der Waals surface area (Å²) in [5.41, 5.74) is 3.43. The van der Waals surface area contributed by atoms with Crippen molar-refractivity contribution >= 4 is 17.2 Å². The molecule has 0 aliphatic heterocycles. The fourth-order valence-corrected chi connectivity index (χ4v) is 3.11. The topological polar surface area (TPSA) is 90.0 Å². The number of hydrogen-bond donors (Lipinski definition) is 1. The van der Waals surface area contributed by atoms with E-state index in [9.17, 15) is 4.79 Å². The number of rotatable bonds is 6. The van der Waals surface area contributed by atoms with Gasteiger partial charge in [-0.2, -0.15) is 9.61 Å². The predicted octanol–water partition coefficient (Wildman–Crippen LogP) is 2.89. The molecule has 4 aromatic rings. The van der Waals surface area contributed by atoms with E-state index in [2.05, 4.69) is 25.7 Å². The highest BCUT2D eigenvalue weighted by Crippen LogP contribution is 2.13. The lowest BCUT2D eigenvalue weighted by Gasteiger charge is -2.06.